The predicted molar refractivity (Wildman–Crippen MR) is 122 cm³/mol. The van der Waals surface area contributed by atoms with Gasteiger partial charge in [-0.05, 0) is 32.9 Å². The SMILES string of the molecule is CCCCCCCCCCCCCCCCCCNC(CCN)OCC.F.F. The summed E-state index contributed by atoms with van der Waals surface area (Å²) in [4.78, 5) is 0. The molecule has 0 aliphatic carbocycles. The van der Waals surface area contributed by atoms with Crippen molar-refractivity contribution in [1.82, 2.24) is 5.32 Å². The number of rotatable bonds is 22. The molecule has 0 aliphatic heterocycles. The Kier molecular flexibility index (Phi) is 33.5. The topological polar surface area (TPSA) is 47.3 Å². The molecule has 0 aromatic rings. The van der Waals surface area contributed by atoms with Crippen molar-refractivity contribution in [3.63, 3.8) is 0 Å². The Balaban J connectivity index is -0.00000312. The number of ether oxygens (including phenoxy) is 1. The van der Waals surface area contributed by atoms with Crippen molar-refractivity contribution in [2.45, 2.75) is 129 Å². The Morgan fingerprint density at radius 3 is 1.39 bits per heavy atom. The first-order chi connectivity index (χ1) is 12.8. The van der Waals surface area contributed by atoms with Gasteiger partial charge in [0.05, 0.1) is 0 Å². The van der Waals surface area contributed by atoms with Gasteiger partial charge in [0.15, 0.2) is 0 Å². The lowest BCUT2D eigenvalue weighted by Crippen LogP contribution is -2.34. The lowest BCUT2D eigenvalue weighted by molar-refractivity contribution is 0.0340. The molecular formula is C23H52F2N2O. The van der Waals surface area contributed by atoms with Crippen LogP contribution in [-0.4, -0.2) is 25.9 Å². The van der Waals surface area contributed by atoms with E-state index in [1.807, 2.05) is 6.92 Å². The van der Waals surface area contributed by atoms with Gasteiger partial charge in [0, 0.05) is 6.61 Å². The van der Waals surface area contributed by atoms with Gasteiger partial charge in [0.1, 0.15) is 6.23 Å². The second-order valence-corrected chi connectivity index (χ2v) is 7.78. The highest BCUT2D eigenvalue weighted by atomic mass is 19.0. The summed E-state index contributed by atoms with van der Waals surface area (Å²) in [5.74, 6) is 0. The molecule has 0 spiro atoms. The van der Waals surface area contributed by atoms with Crippen molar-refractivity contribution in [2.75, 3.05) is 19.7 Å². The molecule has 0 aliphatic rings. The first-order valence-corrected chi connectivity index (χ1v) is 11.9. The fraction of sp³-hybridized carbons (Fsp3) is 1.00. The fourth-order valence-electron chi connectivity index (χ4n) is 3.53. The molecule has 1 unspecified atom stereocenters. The summed E-state index contributed by atoms with van der Waals surface area (Å²) in [6.07, 6.45) is 23.8. The van der Waals surface area contributed by atoms with Crippen molar-refractivity contribution < 1.29 is 14.1 Å². The number of hydrogen-bond donors (Lipinski definition) is 2. The third-order valence-electron chi connectivity index (χ3n) is 5.20. The van der Waals surface area contributed by atoms with E-state index in [0.717, 1.165) is 19.6 Å². The second-order valence-electron chi connectivity index (χ2n) is 7.78. The highest BCUT2D eigenvalue weighted by Gasteiger charge is 2.04. The molecule has 0 saturated carbocycles. The van der Waals surface area contributed by atoms with E-state index in [2.05, 4.69) is 12.2 Å². The van der Waals surface area contributed by atoms with E-state index < -0.39 is 0 Å². The summed E-state index contributed by atoms with van der Waals surface area (Å²) in [5, 5.41) is 3.47. The van der Waals surface area contributed by atoms with E-state index in [1.54, 1.807) is 0 Å². The van der Waals surface area contributed by atoms with Crippen molar-refractivity contribution >= 4 is 0 Å². The lowest BCUT2D eigenvalue weighted by atomic mass is 10.0. The van der Waals surface area contributed by atoms with E-state index in [-0.39, 0.29) is 15.6 Å². The minimum absolute atomic E-state index is 0. The van der Waals surface area contributed by atoms with Gasteiger partial charge in [0.2, 0.25) is 0 Å². The van der Waals surface area contributed by atoms with Gasteiger partial charge in [-0.2, -0.15) is 0 Å². The quantitative estimate of drug-likeness (QED) is 0.151. The molecule has 5 heteroatoms. The van der Waals surface area contributed by atoms with Gasteiger partial charge in [-0.3, -0.25) is 14.7 Å². The summed E-state index contributed by atoms with van der Waals surface area (Å²) in [6, 6.07) is 0. The van der Waals surface area contributed by atoms with Crippen molar-refractivity contribution in [2.24, 2.45) is 5.73 Å². The van der Waals surface area contributed by atoms with Crippen LogP contribution in [0.15, 0.2) is 0 Å². The van der Waals surface area contributed by atoms with E-state index in [4.69, 9.17) is 10.5 Å². The molecule has 3 N–H and O–H groups in total. The molecular weight excluding hydrogens is 358 g/mol. The molecule has 0 saturated heterocycles. The third kappa shape index (κ3) is 25.7. The van der Waals surface area contributed by atoms with Crippen molar-refractivity contribution in [1.29, 1.82) is 0 Å². The number of unbranched alkanes of at least 4 members (excludes halogenated alkanes) is 15. The average Bonchev–Trinajstić information content (AvgIpc) is 2.64. The number of halogens is 2. The Labute approximate surface area is 174 Å². The zero-order valence-corrected chi connectivity index (χ0v) is 19.0. The van der Waals surface area contributed by atoms with Crippen LogP contribution in [0.3, 0.4) is 0 Å². The molecule has 28 heavy (non-hydrogen) atoms. The van der Waals surface area contributed by atoms with Crippen molar-refractivity contribution in [3.8, 4) is 0 Å². The summed E-state index contributed by atoms with van der Waals surface area (Å²) in [5.41, 5.74) is 5.61. The van der Waals surface area contributed by atoms with Crippen LogP contribution in [0.25, 0.3) is 0 Å². The van der Waals surface area contributed by atoms with Gasteiger partial charge in [0.25, 0.3) is 0 Å². The predicted octanol–water partition coefficient (Wildman–Crippen LogP) is 6.85. The second kappa shape index (κ2) is 28.9. The summed E-state index contributed by atoms with van der Waals surface area (Å²) in [7, 11) is 0. The van der Waals surface area contributed by atoms with Crippen LogP contribution in [0.5, 0.6) is 0 Å². The first-order valence-electron chi connectivity index (χ1n) is 11.9. The highest BCUT2D eigenvalue weighted by molar-refractivity contribution is 4.57. The van der Waals surface area contributed by atoms with Crippen LogP contribution in [0.2, 0.25) is 0 Å². The van der Waals surface area contributed by atoms with Crippen LogP contribution < -0.4 is 11.1 Å². The van der Waals surface area contributed by atoms with Crippen LogP contribution >= 0.6 is 0 Å². The van der Waals surface area contributed by atoms with E-state index in [9.17, 15) is 0 Å². The first kappa shape index (κ1) is 32.4. The van der Waals surface area contributed by atoms with Crippen LogP contribution in [0.1, 0.15) is 123 Å². The van der Waals surface area contributed by atoms with Gasteiger partial charge in [-0.25, -0.2) is 0 Å². The minimum Gasteiger partial charge on any atom is -0.364 e. The smallest absolute Gasteiger partial charge is 0.109 e. The summed E-state index contributed by atoms with van der Waals surface area (Å²) < 4.78 is 5.62. The maximum Gasteiger partial charge on any atom is 0.109 e. The monoisotopic (exact) mass is 410 g/mol. The molecule has 0 aromatic heterocycles. The van der Waals surface area contributed by atoms with Crippen molar-refractivity contribution in [3.05, 3.63) is 0 Å². The lowest BCUT2D eigenvalue weighted by Gasteiger charge is -2.17. The van der Waals surface area contributed by atoms with E-state index in [0.29, 0.717) is 6.54 Å². The van der Waals surface area contributed by atoms with Crippen LogP contribution in [-0.2, 0) is 4.74 Å². The van der Waals surface area contributed by atoms with E-state index in [1.165, 1.54) is 103 Å². The van der Waals surface area contributed by atoms with Gasteiger partial charge >= 0.3 is 0 Å². The number of nitrogens with one attached hydrogen (secondary N) is 1. The number of nitrogens with two attached hydrogens (primary N) is 1. The molecule has 1 atom stereocenters. The zero-order valence-electron chi connectivity index (χ0n) is 19.0. The molecule has 0 aromatic carbocycles. The molecule has 0 rings (SSSR count). The Morgan fingerprint density at radius 1 is 0.643 bits per heavy atom. The molecule has 0 fully saturated rings. The molecule has 0 radical (unpaired) electrons. The minimum atomic E-state index is 0. The van der Waals surface area contributed by atoms with Gasteiger partial charge in [-0.1, -0.05) is 103 Å². The normalized spacial score (nSPS) is 11.7. The number of hydrogen-bond acceptors (Lipinski definition) is 3. The van der Waals surface area contributed by atoms with Gasteiger partial charge in [-0.15, -0.1) is 0 Å². The summed E-state index contributed by atoms with van der Waals surface area (Å²) >= 11 is 0. The third-order valence-corrected chi connectivity index (χ3v) is 5.20. The Bertz CT molecular complexity index is 253. The zero-order chi connectivity index (χ0) is 19.1. The standard InChI is InChI=1S/C23H50N2O.2FH/c1-3-5-6-7-8-9-10-11-12-13-14-15-16-17-18-19-22-25-23(20-21-24)26-4-2;;/h23,25H,3-22,24H2,1-2H3;2*1H. The molecule has 174 valence electrons. The van der Waals surface area contributed by atoms with Crippen LogP contribution in [0.4, 0.5) is 9.41 Å². The molecule has 3 nitrogen and oxygen atoms in total. The Morgan fingerprint density at radius 2 is 1.04 bits per heavy atom. The van der Waals surface area contributed by atoms with E-state index >= 15 is 0 Å². The maximum atomic E-state index is 5.62. The maximum absolute atomic E-state index is 5.62. The average molecular weight is 411 g/mol. The molecule has 0 heterocycles. The highest BCUT2D eigenvalue weighted by Crippen LogP contribution is 2.13. The van der Waals surface area contributed by atoms with Gasteiger partial charge < -0.3 is 10.5 Å². The van der Waals surface area contributed by atoms with Crippen LogP contribution in [0, 0.1) is 0 Å². The fourth-order valence-corrected chi connectivity index (χ4v) is 3.53. The molecule has 0 amide bonds. The summed E-state index contributed by atoms with van der Waals surface area (Å²) in [6.45, 7) is 6.84. The largest absolute Gasteiger partial charge is 0.364 e. The Hall–Kier alpha value is -0.260. The molecule has 0 bridgehead atoms.